The minimum Gasteiger partial charge on any atom is -0.354 e. The standard InChI is InChI=1S/C11H9ClF3N3S/c1-18(2)10-17-8(5-19-10)9-7(12)3-6(4-16-9)11(13,14)15/h3-5H,1-2H3. The topological polar surface area (TPSA) is 29.0 Å². The first-order valence-electron chi connectivity index (χ1n) is 5.15. The number of nitrogens with zero attached hydrogens (tertiary/aromatic N) is 3. The first-order valence-corrected chi connectivity index (χ1v) is 6.41. The third-order valence-corrected chi connectivity index (χ3v) is 3.58. The molecule has 0 spiro atoms. The predicted octanol–water partition coefficient (Wildman–Crippen LogP) is 3.94. The van der Waals surface area contributed by atoms with Crippen LogP contribution in [0.4, 0.5) is 18.3 Å². The number of thiazole rings is 1. The molecule has 0 aliphatic carbocycles. The zero-order valence-corrected chi connectivity index (χ0v) is 11.6. The van der Waals surface area contributed by atoms with E-state index in [0.29, 0.717) is 5.69 Å². The molecule has 0 bridgehead atoms. The van der Waals surface area contributed by atoms with Gasteiger partial charge in [-0.1, -0.05) is 11.6 Å². The molecule has 0 fully saturated rings. The molecule has 0 radical (unpaired) electrons. The van der Waals surface area contributed by atoms with Crippen molar-refractivity contribution in [2.45, 2.75) is 6.18 Å². The van der Waals surface area contributed by atoms with Gasteiger partial charge in [0.1, 0.15) is 11.4 Å². The van der Waals surface area contributed by atoms with Crippen molar-refractivity contribution in [1.29, 1.82) is 0 Å². The fourth-order valence-electron chi connectivity index (χ4n) is 1.36. The molecule has 2 rings (SSSR count). The number of aromatic nitrogens is 2. The molecular weight excluding hydrogens is 299 g/mol. The van der Waals surface area contributed by atoms with Crippen molar-refractivity contribution >= 4 is 28.1 Å². The summed E-state index contributed by atoms with van der Waals surface area (Å²) in [6, 6.07) is 0.860. The summed E-state index contributed by atoms with van der Waals surface area (Å²) in [4.78, 5) is 9.81. The summed E-state index contributed by atoms with van der Waals surface area (Å²) < 4.78 is 37.5. The summed E-state index contributed by atoms with van der Waals surface area (Å²) in [5.41, 5.74) is -0.157. The van der Waals surface area contributed by atoms with E-state index in [2.05, 4.69) is 9.97 Å². The van der Waals surface area contributed by atoms with Crippen molar-refractivity contribution in [3.05, 3.63) is 28.2 Å². The van der Waals surface area contributed by atoms with Gasteiger partial charge in [-0.15, -0.1) is 11.3 Å². The van der Waals surface area contributed by atoms with Gasteiger partial charge >= 0.3 is 6.18 Å². The molecule has 0 amide bonds. The van der Waals surface area contributed by atoms with Gasteiger partial charge in [-0.2, -0.15) is 13.2 Å². The van der Waals surface area contributed by atoms with E-state index < -0.39 is 11.7 Å². The normalized spacial score (nSPS) is 11.7. The zero-order chi connectivity index (χ0) is 14.2. The van der Waals surface area contributed by atoms with E-state index in [0.717, 1.165) is 17.4 Å². The molecule has 0 unspecified atom stereocenters. The maximum absolute atomic E-state index is 12.5. The Hall–Kier alpha value is -1.34. The lowest BCUT2D eigenvalue weighted by Gasteiger charge is -2.08. The van der Waals surface area contributed by atoms with Gasteiger partial charge in [-0.05, 0) is 6.07 Å². The minimum absolute atomic E-state index is 0.0644. The second-order valence-corrected chi connectivity index (χ2v) is 5.21. The monoisotopic (exact) mass is 307 g/mol. The molecule has 0 saturated carbocycles. The summed E-state index contributed by atoms with van der Waals surface area (Å²) in [5.74, 6) is 0. The molecule has 102 valence electrons. The Morgan fingerprint density at radius 2 is 2.00 bits per heavy atom. The number of anilines is 1. The summed E-state index contributed by atoms with van der Waals surface area (Å²) in [6.45, 7) is 0. The van der Waals surface area contributed by atoms with Crippen LogP contribution in [0.15, 0.2) is 17.6 Å². The largest absolute Gasteiger partial charge is 0.417 e. The van der Waals surface area contributed by atoms with Gasteiger partial charge in [0.25, 0.3) is 0 Å². The van der Waals surface area contributed by atoms with Crippen LogP contribution in [-0.2, 0) is 6.18 Å². The number of rotatable bonds is 2. The predicted molar refractivity (Wildman–Crippen MR) is 69.7 cm³/mol. The molecule has 2 aromatic rings. The highest BCUT2D eigenvalue weighted by Crippen LogP contribution is 2.35. The highest BCUT2D eigenvalue weighted by molar-refractivity contribution is 7.14. The van der Waals surface area contributed by atoms with Crippen LogP contribution in [0.25, 0.3) is 11.4 Å². The summed E-state index contributed by atoms with van der Waals surface area (Å²) >= 11 is 7.21. The van der Waals surface area contributed by atoms with Crippen LogP contribution in [0, 0.1) is 0 Å². The molecule has 2 heterocycles. The van der Waals surface area contributed by atoms with E-state index >= 15 is 0 Å². The maximum atomic E-state index is 12.5. The van der Waals surface area contributed by atoms with E-state index in [1.807, 2.05) is 14.1 Å². The van der Waals surface area contributed by atoms with Crippen molar-refractivity contribution in [2.24, 2.45) is 0 Å². The first-order chi connectivity index (χ1) is 8.79. The number of halogens is 4. The van der Waals surface area contributed by atoms with Gasteiger partial charge in [0.05, 0.1) is 10.6 Å². The third kappa shape index (κ3) is 2.98. The number of pyridine rings is 1. The molecule has 3 nitrogen and oxygen atoms in total. The fraction of sp³-hybridized carbons (Fsp3) is 0.273. The highest BCUT2D eigenvalue weighted by atomic mass is 35.5. The Labute approximate surface area is 116 Å². The number of alkyl halides is 3. The fourth-order valence-corrected chi connectivity index (χ4v) is 2.37. The molecule has 0 N–H and O–H groups in total. The SMILES string of the molecule is CN(C)c1nc(-c2ncc(C(F)(F)F)cc2Cl)cs1. The van der Waals surface area contributed by atoms with Crippen LogP contribution in [-0.4, -0.2) is 24.1 Å². The van der Waals surface area contributed by atoms with Crippen molar-refractivity contribution in [3.63, 3.8) is 0 Å². The lowest BCUT2D eigenvalue weighted by molar-refractivity contribution is -0.137. The van der Waals surface area contributed by atoms with Gasteiger partial charge in [0.15, 0.2) is 5.13 Å². The van der Waals surface area contributed by atoms with Gasteiger partial charge in [-0.3, -0.25) is 4.98 Å². The second kappa shape index (κ2) is 4.97. The number of hydrogen-bond acceptors (Lipinski definition) is 4. The molecule has 0 aliphatic heterocycles. The van der Waals surface area contributed by atoms with Gasteiger partial charge in [0.2, 0.25) is 0 Å². The van der Waals surface area contributed by atoms with Gasteiger partial charge in [0, 0.05) is 25.7 Å². The van der Waals surface area contributed by atoms with Crippen LogP contribution in [0.2, 0.25) is 5.02 Å². The van der Waals surface area contributed by atoms with E-state index in [4.69, 9.17) is 11.6 Å². The van der Waals surface area contributed by atoms with E-state index in [-0.39, 0.29) is 10.7 Å². The average molecular weight is 308 g/mol. The Kier molecular flexibility index (Phi) is 3.69. The molecule has 0 atom stereocenters. The minimum atomic E-state index is -4.45. The molecule has 0 aliphatic rings. The van der Waals surface area contributed by atoms with Crippen molar-refractivity contribution in [2.75, 3.05) is 19.0 Å². The summed E-state index contributed by atoms with van der Waals surface area (Å²) in [7, 11) is 3.65. The molecular formula is C11H9ClF3N3S. The lowest BCUT2D eigenvalue weighted by atomic mass is 10.2. The third-order valence-electron chi connectivity index (χ3n) is 2.29. The van der Waals surface area contributed by atoms with E-state index in [1.54, 1.807) is 10.3 Å². The maximum Gasteiger partial charge on any atom is 0.417 e. The molecule has 0 aromatic carbocycles. The molecule has 0 saturated heterocycles. The molecule has 2 aromatic heterocycles. The first kappa shape index (κ1) is 14.1. The van der Waals surface area contributed by atoms with Crippen LogP contribution in [0.1, 0.15) is 5.56 Å². The summed E-state index contributed by atoms with van der Waals surface area (Å²) in [5, 5.41) is 2.37. The Morgan fingerprint density at radius 1 is 1.32 bits per heavy atom. The Balaban J connectivity index is 2.40. The van der Waals surface area contributed by atoms with E-state index in [1.165, 1.54) is 11.3 Å². The Morgan fingerprint density at radius 3 is 2.47 bits per heavy atom. The van der Waals surface area contributed by atoms with Crippen LogP contribution < -0.4 is 4.90 Å². The lowest BCUT2D eigenvalue weighted by Crippen LogP contribution is -2.08. The Bertz CT molecular complexity index is 595. The summed E-state index contributed by atoms with van der Waals surface area (Å²) in [6.07, 6.45) is -3.69. The van der Waals surface area contributed by atoms with Gasteiger partial charge in [-0.25, -0.2) is 4.98 Å². The quantitative estimate of drug-likeness (QED) is 0.841. The second-order valence-electron chi connectivity index (χ2n) is 3.96. The highest BCUT2D eigenvalue weighted by Gasteiger charge is 2.31. The van der Waals surface area contributed by atoms with Crippen LogP contribution in [0.3, 0.4) is 0 Å². The molecule has 19 heavy (non-hydrogen) atoms. The van der Waals surface area contributed by atoms with Crippen LogP contribution in [0.5, 0.6) is 0 Å². The van der Waals surface area contributed by atoms with Crippen molar-refractivity contribution < 1.29 is 13.2 Å². The zero-order valence-electron chi connectivity index (χ0n) is 9.99. The number of hydrogen-bond donors (Lipinski definition) is 0. The van der Waals surface area contributed by atoms with E-state index in [9.17, 15) is 13.2 Å². The van der Waals surface area contributed by atoms with Crippen molar-refractivity contribution in [1.82, 2.24) is 9.97 Å². The smallest absolute Gasteiger partial charge is 0.354 e. The van der Waals surface area contributed by atoms with Crippen LogP contribution >= 0.6 is 22.9 Å². The van der Waals surface area contributed by atoms with Gasteiger partial charge < -0.3 is 4.90 Å². The average Bonchev–Trinajstić information content (AvgIpc) is 2.76. The van der Waals surface area contributed by atoms with Crippen molar-refractivity contribution in [3.8, 4) is 11.4 Å². The molecule has 8 heteroatoms.